The maximum absolute atomic E-state index is 12.2. The lowest BCUT2D eigenvalue weighted by atomic mass is 10.4. The molecule has 0 heterocycles. The maximum Gasteiger partial charge on any atom is 0.308 e. The zero-order valence-electron chi connectivity index (χ0n) is 25.1. The summed E-state index contributed by atoms with van der Waals surface area (Å²) in [6.07, 6.45) is 1.65. The van der Waals surface area contributed by atoms with Gasteiger partial charge in [-0.05, 0) is 0 Å². The first-order valence-electron chi connectivity index (χ1n) is 13.9. The third kappa shape index (κ3) is 26.3. The summed E-state index contributed by atoms with van der Waals surface area (Å²) in [6, 6.07) is 0. The number of aliphatic carboxylic acids is 1. The highest BCUT2D eigenvalue weighted by atomic mass is 16.6. The van der Waals surface area contributed by atoms with Crippen LogP contribution in [0.4, 0.5) is 0 Å². The highest BCUT2D eigenvalue weighted by Gasteiger charge is 2.12. The molecule has 42 heavy (non-hydrogen) atoms. The van der Waals surface area contributed by atoms with Gasteiger partial charge in [-0.3, -0.25) is 24.5 Å². The normalized spacial score (nSPS) is 10.8. The van der Waals surface area contributed by atoms with Crippen LogP contribution in [-0.4, -0.2) is 165 Å². The number of carboxylic acids is 1. The molecule has 0 aliphatic heterocycles. The fraction of sp³-hybridized carbons (Fsp3) is 0.778. The van der Waals surface area contributed by atoms with E-state index in [4.69, 9.17) is 38.3 Å². The molecule has 0 bridgehead atoms. The van der Waals surface area contributed by atoms with Gasteiger partial charge in [0.25, 0.3) is 0 Å². The van der Waals surface area contributed by atoms with Gasteiger partial charge in [0, 0.05) is 27.2 Å². The van der Waals surface area contributed by atoms with Gasteiger partial charge in [0.05, 0.1) is 105 Å². The Morgan fingerprint density at radius 2 is 1.02 bits per heavy atom. The van der Waals surface area contributed by atoms with Gasteiger partial charge < -0.3 is 48.1 Å². The van der Waals surface area contributed by atoms with Gasteiger partial charge in [-0.15, -0.1) is 0 Å². The van der Waals surface area contributed by atoms with Crippen molar-refractivity contribution in [2.75, 3.05) is 126 Å². The molecular weight excluding hydrogens is 558 g/mol. The van der Waals surface area contributed by atoms with Crippen molar-refractivity contribution in [2.45, 2.75) is 12.8 Å². The van der Waals surface area contributed by atoms with Gasteiger partial charge in [0.15, 0.2) is 0 Å². The number of amides is 2. The fourth-order valence-electron chi connectivity index (χ4n) is 2.82. The number of nitrogens with zero attached hydrogens (tertiary/aromatic N) is 2. The Balaban J connectivity index is 3.58. The summed E-state index contributed by atoms with van der Waals surface area (Å²) in [4.78, 5) is 49.1. The van der Waals surface area contributed by atoms with E-state index in [9.17, 15) is 19.2 Å². The molecule has 0 rings (SSSR count). The number of carbonyl (C=O) groups is 4. The zero-order valence-corrected chi connectivity index (χ0v) is 25.1. The first-order chi connectivity index (χ1) is 20.3. The number of hydrogen-bond donors (Lipinski definition) is 2. The van der Waals surface area contributed by atoms with E-state index in [0.29, 0.717) is 79.2 Å². The second kappa shape index (κ2) is 28.5. The third-order valence-corrected chi connectivity index (χ3v) is 5.31. The quantitative estimate of drug-likeness (QED) is 0.0590. The lowest BCUT2D eigenvalue weighted by Gasteiger charge is -2.19. The zero-order chi connectivity index (χ0) is 31.3. The Bertz CT molecular complexity index is 741. The first kappa shape index (κ1) is 39.3. The van der Waals surface area contributed by atoms with Crippen LogP contribution in [0.5, 0.6) is 0 Å². The highest BCUT2D eigenvalue weighted by Crippen LogP contribution is 1.91. The molecule has 2 N–H and O–H groups in total. The van der Waals surface area contributed by atoms with E-state index < -0.39 is 5.97 Å². The summed E-state index contributed by atoms with van der Waals surface area (Å²) in [6.45, 7) is 8.50. The lowest BCUT2D eigenvalue weighted by molar-refractivity contribution is -0.144. The van der Waals surface area contributed by atoms with E-state index in [1.165, 1.54) is 15.9 Å². The number of likely N-dealkylation sites (N-methyl/N-ethyl adjacent to an activating group) is 2. The summed E-state index contributed by atoms with van der Waals surface area (Å²) < 4.78 is 36.8. The van der Waals surface area contributed by atoms with Crippen molar-refractivity contribution in [3.05, 3.63) is 12.7 Å². The largest absolute Gasteiger partial charge is 0.481 e. The molecule has 0 aromatic heterocycles. The number of carboxylic acid groups (broad SMARTS) is 1. The summed E-state index contributed by atoms with van der Waals surface area (Å²) >= 11 is 0. The minimum Gasteiger partial charge on any atom is -0.481 e. The number of nitrogens with one attached hydrogen (secondary N) is 1. The van der Waals surface area contributed by atoms with E-state index in [1.807, 2.05) is 0 Å². The number of hydrogen-bond acceptors (Lipinski definition) is 12. The molecule has 0 atom stereocenters. The van der Waals surface area contributed by atoms with Gasteiger partial charge in [0.2, 0.25) is 11.8 Å². The molecular formula is C27H49N3O12. The monoisotopic (exact) mass is 607 g/mol. The number of carbonyl (C=O) groups excluding carboxylic acids is 3. The molecule has 0 unspecified atom stereocenters. The maximum atomic E-state index is 12.2. The van der Waals surface area contributed by atoms with Gasteiger partial charge in [0.1, 0.15) is 6.61 Å². The average Bonchev–Trinajstić information content (AvgIpc) is 2.96. The minimum atomic E-state index is -0.903. The molecule has 0 aliphatic rings. The number of ether oxygens (including phenoxy) is 7. The summed E-state index contributed by atoms with van der Waals surface area (Å²) in [5.74, 6) is -1.56. The van der Waals surface area contributed by atoms with Crippen molar-refractivity contribution in [1.29, 1.82) is 0 Å². The molecule has 0 saturated carbocycles. The molecule has 15 heteroatoms. The third-order valence-electron chi connectivity index (χ3n) is 5.31. The Labute approximate surface area is 248 Å². The average molecular weight is 608 g/mol. The second-order valence-electron chi connectivity index (χ2n) is 8.77. The molecule has 0 saturated heterocycles. The Kier molecular flexibility index (Phi) is 26.7. The number of rotatable bonds is 30. The van der Waals surface area contributed by atoms with Crippen LogP contribution in [-0.2, 0) is 52.3 Å². The van der Waals surface area contributed by atoms with Crippen LogP contribution in [0.3, 0.4) is 0 Å². The van der Waals surface area contributed by atoms with E-state index in [2.05, 4.69) is 11.9 Å². The van der Waals surface area contributed by atoms with Crippen LogP contribution >= 0.6 is 0 Å². The van der Waals surface area contributed by atoms with Gasteiger partial charge in [-0.25, -0.2) is 0 Å². The summed E-state index contributed by atoms with van der Waals surface area (Å²) in [5, 5.41) is 11.4. The topological polar surface area (TPSA) is 172 Å². The lowest BCUT2D eigenvalue weighted by Crippen LogP contribution is -2.42. The smallest absolute Gasteiger partial charge is 0.308 e. The van der Waals surface area contributed by atoms with Crippen LogP contribution in [0, 0.1) is 0 Å². The van der Waals surface area contributed by atoms with Gasteiger partial charge >= 0.3 is 11.9 Å². The minimum absolute atomic E-state index is 0.0258. The van der Waals surface area contributed by atoms with Crippen LogP contribution < -0.4 is 5.32 Å². The molecule has 0 aromatic rings. The molecule has 0 fully saturated rings. The van der Waals surface area contributed by atoms with E-state index in [0.717, 1.165) is 0 Å². The standard InChI is InChI=1S/C27H49N3O12/c1-4-9-42-27(35)6-11-37-15-19-41-21-17-39-13-8-30(3)25(32)23-28-22-24(31)29(2)7-12-38-16-20-40-18-14-36-10-5-26(33)34/h4,28H,1,5-23H2,2-3H3,(H,33,34). The molecule has 0 radical (unpaired) electrons. The number of esters is 1. The van der Waals surface area contributed by atoms with Crippen LogP contribution in [0.2, 0.25) is 0 Å². The van der Waals surface area contributed by atoms with Gasteiger partial charge in [-0.2, -0.15) is 0 Å². The molecule has 0 aliphatic carbocycles. The van der Waals surface area contributed by atoms with Crippen LogP contribution in [0.1, 0.15) is 12.8 Å². The summed E-state index contributed by atoms with van der Waals surface area (Å²) in [7, 11) is 3.32. The van der Waals surface area contributed by atoms with Crippen molar-refractivity contribution < 1.29 is 57.4 Å². The molecule has 2 amide bonds. The Morgan fingerprint density at radius 1 is 0.643 bits per heavy atom. The highest BCUT2D eigenvalue weighted by molar-refractivity contribution is 5.81. The van der Waals surface area contributed by atoms with Crippen LogP contribution in [0.25, 0.3) is 0 Å². The van der Waals surface area contributed by atoms with Crippen molar-refractivity contribution in [3.8, 4) is 0 Å². The van der Waals surface area contributed by atoms with E-state index >= 15 is 0 Å². The predicted octanol–water partition coefficient (Wildman–Crippen LogP) is -0.814. The SMILES string of the molecule is C=CCOC(=O)CCOCCOCCOCCN(C)C(=O)CNCC(=O)N(C)CCOCCOCCOCCC(=O)O. The Hall–Kier alpha value is -2.66. The first-order valence-corrected chi connectivity index (χ1v) is 13.9. The summed E-state index contributed by atoms with van der Waals surface area (Å²) in [5.41, 5.74) is 0. The second-order valence-corrected chi connectivity index (χ2v) is 8.77. The van der Waals surface area contributed by atoms with Crippen LogP contribution in [0.15, 0.2) is 12.7 Å². The molecule has 0 aromatic carbocycles. The Morgan fingerprint density at radius 3 is 1.43 bits per heavy atom. The van der Waals surface area contributed by atoms with Crippen molar-refractivity contribution in [3.63, 3.8) is 0 Å². The van der Waals surface area contributed by atoms with E-state index in [1.54, 1.807) is 14.1 Å². The molecule has 0 spiro atoms. The molecule has 15 nitrogen and oxygen atoms in total. The van der Waals surface area contributed by atoms with Crippen molar-refractivity contribution in [2.24, 2.45) is 0 Å². The fourth-order valence-corrected chi connectivity index (χ4v) is 2.82. The predicted molar refractivity (Wildman–Crippen MR) is 151 cm³/mol. The van der Waals surface area contributed by atoms with E-state index in [-0.39, 0.29) is 63.5 Å². The molecule has 244 valence electrons. The van der Waals surface area contributed by atoms with Gasteiger partial charge in [-0.1, -0.05) is 12.7 Å². The van der Waals surface area contributed by atoms with Crippen molar-refractivity contribution in [1.82, 2.24) is 15.1 Å². The van der Waals surface area contributed by atoms with Crippen molar-refractivity contribution >= 4 is 23.8 Å².